The minimum absolute atomic E-state index is 0.186. The molecule has 0 fully saturated rings. The van der Waals surface area contributed by atoms with Crippen LogP contribution in [0.3, 0.4) is 0 Å². The fraction of sp³-hybridized carbons (Fsp3) is 0.353. The van der Waals surface area contributed by atoms with Crippen molar-refractivity contribution in [1.29, 1.82) is 0 Å². The van der Waals surface area contributed by atoms with Crippen LogP contribution in [0.2, 0.25) is 5.02 Å². The van der Waals surface area contributed by atoms with Crippen LogP contribution >= 0.6 is 11.6 Å². The van der Waals surface area contributed by atoms with Crippen LogP contribution in [0.5, 0.6) is 0 Å². The second kappa shape index (κ2) is 8.64. The van der Waals surface area contributed by atoms with E-state index in [1.165, 1.54) is 19.1 Å². The van der Waals surface area contributed by atoms with Gasteiger partial charge in [0.05, 0.1) is 11.5 Å². The quantitative estimate of drug-likeness (QED) is 0.721. The van der Waals surface area contributed by atoms with Crippen molar-refractivity contribution in [3.05, 3.63) is 63.5 Å². The Morgan fingerprint density at radius 2 is 1.79 bits per heavy atom. The van der Waals surface area contributed by atoms with Gasteiger partial charge in [0.1, 0.15) is 6.04 Å². The predicted molar refractivity (Wildman–Crippen MR) is 97.6 cm³/mol. The van der Waals surface area contributed by atoms with E-state index in [1.807, 2.05) is 0 Å². The normalized spacial score (nSPS) is 13.7. The van der Waals surface area contributed by atoms with Crippen molar-refractivity contribution in [3.8, 4) is 0 Å². The number of aliphatic hydroxyl groups excluding tert-OH is 1. The molecule has 0 aliphatic heterocycles. The SMILES string of the molecule is CCN(C(c1ccc(Cl)cc1)C(F)(F)F)S(=O)(=O)c1ccc(=O)n(CCO)c1. The first-order chi connectivity index (χ1) is 13.0. The Bertz CT molecular complexity index is 975. The number of aromatic nitrogens is 1. The van der Waals surface area contributed by atoms with Crippen LogP contribution in [0, 0.1) is 0 Å². The van der Waals surface area contributed by atoms with E-state index in [4.69, 9.17) is 16.7 Å². The molecule has 0 bridgehead atoms. The molecular formula is C17H18ClF3N2O4S. The molecule has 11 heteroatoms. The summed E-state index contributed by atoms with van der Waals surface area (Å²) in [5.41, 5.74) is -0.868. The Morgan fingerprint density at radius 1 is 1.18 bits per heavy atom. The third-order valence-corrected chi connectivity index (χ3v) is 6.17. The molecule has 6 nitrogen and oxygen atoms in total. The summed E-state index contributed by atoms with van der Waals surface area (Å²) in [6.07, 6.45) is -3.97. The van der Waals surface area contributed by atoms with Gasteiger partial charge in [-0.15, -0.1) is 0 Å². The molecule has 1 aromatic heterocycles. The maximum atomic E-state index is 13.8. The summed E-state index contributed by atoms with van der Waals surface area (Å²) in [6.45, 7) is 0.204. The highest BCUT2D eigenvalue weighted by molar-refractivity contribution is 7.89. The third kappa shape index (κ3) is 4.75. The van der Waals surface area contributed by atoms with Crippen molar-refractivity contribution >= 4 is 21.6 Å². The lowest BCUT2D eigenvalue weighted by atomic mass is 10.1. The molecule has 0 saturated carbocycles. The van der Waals surface area contributed by atoms with Crippen molar-refractivity contribution in [2.75, 3.05) is 13.2 Å². The first kappa shape index (κ1) is 22.4. The van der Waals surface area contributed by atoms with Crippen LogP contribution < -0.4 is 5.56 Å². The van der Waals surface area contributed by atoms with Crippen LogP contribution in [0.25, 0.3) is 0 Å². The van der Waals surface area contributed by atoms with Gasteiger partial charge in [-0.25, -0.2) is 8.42 Å². The molecule has 1 atom stereocenters. The number of halogens is 4. The minimum atomic E-state index is -4.89. The van der Waals surface area contributed by atoms with Crippen LogP contribution in [0.4, 0.5) is 13.2 Å². The highest BCUT2D eigenvalue weighted by Crippen LogP contribution is 2.40. The number of sulfonamides is 1. The molecule has 154 valence electrons. The summed E-state index contributed by atoms with van der Waals surface area (Å²) < 4.78 is 68.7. The first-order valence-corrected chi connectivity index (χ1v) is 9.99. The molecule has 0 aliphatic carbocycles. The fourth-order valence-electron chi connectivity index (χ4n) is 2.73. The van der Waals surface area contributed by atoms with Crippen LogP contribution in [0.15, 0.2) is 52.3 Å². The summed E-state index contributed by atoms with van der Waals surface area (Å²) in [5, 5.41) is 9.19. The van der Waals surface area contributed by atoms with Crippen LogP contribution in [-0.2, 0) is 16.6 Å². The maximum absolute atomic E-state index is 13.8. The summed E-state index contributed by atoms with van der Waals surface area (Å²) >= 11 is 5.73. The number of alkyl halides is 3. The lowest BCUT2D eigenvalue weighted by molar-refractivity contribution is -0.173. The molecule has 0 amide bonds. The number of nitrogens with zero attached hydrogens (tertiary/aromatic N) is 2. The Balaban J connectivity index is 2.60. The Hall–Kier alpha value is -1.88. The first-order valence-electron chi connectivity index (χ1n) is 8.17. The zero-order valence-electron chi connectivity index (χ0n) is 14.7. The molecule has 1 heterocycles. The standard InChI is InChI=1S/C17H18ClF3N2O4S/c1-2-23(16(17(19,20)21)12-3-5-13(18)6-4-12)28(26,27)14-7-8-15(25)22(11-14)9-10-24/h3-8,11,16,24H,2,9-10H2,1H3. The number of hydrogen-bond acceptors (Lipinski definition) is 4. The zero-order chi connectivity index (χ0) is 21.1. The van der Waals surface area contributed by atoms with Crippen molar-refractivity contribution in [3.63, 3.8) is 0 Å². The predicted octanol–water partition coefficient (Wildman–Crippen LogP) is 2.81. The second-order valence-corrected chi connectivity index (χ2v) is 8.15. The van der Waals surface area contributed by atoms with Gasteiger partial charge in [0.15, 0.2) is 0 Å². The van der Waals surface area contributed by atoms with E-state index in [2.05, 4.69) is 0 Å². The lowest BCUT2D eigenvalue weighted by Gasteiger charge is -2.32. The largest absolute Gasteiger partial charge is 0.409 e. The second-order valence-electron chi connectivity index (χ2n) is 5.82. The van der Waals surface area contributed by atoms with E-state index in [9.17, 15) is 26.4 Å². The van der Waals surface area contributed by atoms with E-state index in [-0.39, 0.29) is 17.1 Å². The summed E-state index contributed by atoms with van der Waals surface area (Å²) in [6, 6.07) is 4.18. The van der Waals surface area contributed by atoms with Crippen molar-refractivity contribution < 1.29 is 26.7 Å². The third-order valence-electron chi connectivity index (χ3n) is 4.00. The highest BCUT2D eigenvalue weighted by Gasteiger charge is 2.48. The average molecular weight is 439 g/mol. The lowest BCUT2D eigenvalue weighted by Crippen LogP contribution is -2.42. The Morgan fingerprint density at radius 3 is 2.29 bits per heavy atom. The molecule has 0 saturated heterocycles. The molecule has 0 radical (unpaired) electrons. The van der Waals surface area contributed by atoms with Gasteiger partial charge in [-0.3, -0.25) is 4.79 Å². The van der Waals surface area contributed by atoms with Gasteiger partial charge in [0.25, 0.3) is 5.56 Å². The molecular weight excluding hydrogens is 421 g/mol. The van der Waals surface area contributed by atoms with Gasteiger partial charge < -0.3 is 9.67 Å². The molecule has 1 N–H and O–H groups in total. The van der Waals surface area contributed by atoms with E-state index >= 15 is 0 Å². The van der Waals surface area contributed by atoms with Gasteiger partial charge in [-0.2, -0.15) is 17.5 Å². The van der Waals surface area contributed by atoms with E-state index in [0.717, 1.165) is 35.0 Å². The monoisotopic (exact) mass is 438 g/mol. The summed E-state index contributed by atoms with van der Waals surface area (Å²) in [5.74, 6) is 0. The maximum Gasteiger partial charge on any atom is 0.409 e. The average Bonchev–Trinajstić information content (AvgIpc) is 2.61. The van der Waals surface area contributed by atoms with Gasteiger partial charge in [0.2, 0.25) is 10.0 Å². The topological polar surface area (TPSA) is 79.6 Å². The molecule has 0 spiro atoms. The smallest absolute Gasteiger partial charge is 0.395 e. The molecule has 28 heavy (non-hydrogen) atoms. The van der Waals surface area contributed by atoms with Crippen LogP contribution in [0.1, 0.15) is 18.5 Å². The van der Waals surface area contributed by atoms with Gasteiger partial charge >= 0.3 is 6.18 Å². The molecule has 0 aliphatic rings. The molecule has 2 rings (SSSR count). The fourth-order valence-corrected chi connectivity index (χ4v) is 4.49. The van der Waals surface area contributed by atoms with E-state index < -0.39 is 45.8 Å². The van der Waals surface area contributed by atoms with E-state index in [0.29, 0.717) is 4.31 Å². The van der Waals surface area contributed by atoms with E-state index in [1.54, 1.807) is 0 Å². The molecule has 1 unspecified atom stereocenters. The van der Waals surface area contributed by atoms with Crippen molar-refractivity contribution in [2.45, 2.75) is 30.6 Å². The number of benzene rings is 1. The molecule has 2 aromatic rings. The van der Waals surface area contributed by atoms with Crippen molar-refractivity contribution in [2.24, 2.45) is 0 Å². The number of rotatable bonds is 7. The summed E-state index contributed by atoms with van der Waals surface area (Å²) in [4.78, 5) is 11.2. The Kier molecular flexibility index (Phi) is 6.92. The number of pyridine rings is 1. The molecule has 1 aromatic carbocycles. The van der Waals surface area contributed by atoms with Gasteiger partial charge in [-0.05, 0) is 23.8 Å². The Labute approximate surface area is 164 Å². The number of hydrogen-bond donors (Lipinski definition) is 1. The van der Waals surface area contributed by atoms with Gasteiger partial charge in [-0.1, -0.05) is 30.7 Å². The number of aliphatic hydroxyl groups is 1. The summed E-state index contributed by atoms with van der Waals surface area (Å²) in [7, 11) is -4.61. The van der Waals surface area contributed by atoms with Gasteiger partial charge in [0, 0.05) is 30.4 Å². The van der Waals surface area contributed by atoms with Crippen LogP contribution in [-0.4, -0.2) is 41.7 Å². The zero-order valence-corrected chi connectivity index (χ0v) is 16.3. The minimum Gasteiger partial charge on any atom is -0.395 e. The highest BCUT2D eigenvalue weighted by atomic mass is 35.5. The van der Waals surface area contributed by atoms with Crippen molar-refractivity contribution in [1.82, 2.24) is 8.87 Å².